The van der Waals surface area contributed by atoms with Crippen molar-refractivity contribution < 1.29 is 23.5 Å². The molecule has 1 aromatic rings. The number of carbonyl (C=O) groups is 2. The molecule has 1 rings (SSSR count). The first-order chi connectivity index (χ1) is 9.14. The zero-order valence-corrected chi connectivity index (χ0v) is 11.4. The number of hydrogen-bond donors (Lipinski definition) is 2. The third-order valence-electron chi connectivity index (χ3n) is 3.06. The Morgan fingerprint density at radius 2 is 1.95 bits per heavy atom. The van der Waals surface area contributed by atoms with Gasteiger partial charge < -0.3 is 10.4 Å². The fraction of sp³-hybridized carbons (Fsp3) is 0.385. The molecule has 1 amide bonds. The molecule has 0 aliphatic carbocycles. The van der Waals surface area contributed by atoms with Gasteiger partial charge in [0.25, 0.3) is 0 Å². The van der Waals surface area contributed by atoms with Crippen LogP contribution in [0, 0.1) is 11.6 Å². The highest BCUT2D eigenvalue weighted by atomic mass is 19.1. The van der Waals surface area contributed by atoms with Gasteiger partial charge in [0.05, 0.1) is 12.2 Å². The van der Waals surface area contributed by atoms with E-state index >= 15 is 0 Å². The molecule has 2 N–H and O–H groups in total. The highest BCUT2D eigenvalue weighted by Gasteiger charge is 2.33. The van der Waals surface area contributed by atoms with Gasteiger partial charge in [-0.25, -0.2) is 8.78 Å². The van der Waals surface area contributed by atoms with E-state index in [4.69, 9.17) is 5.11 Å². The molecule has 7 heteroatoms. The molecule has 0 aliphatic heterocycles. The summed E-state index contributed by atoms with van der Waals surface area (Å²) in [5.74, 6) is -3.31. The number of nitrogens with one attached hydrogen (secondary N) is 1. The van der Waals surface area contributed by atoms with Crippen molar-refractivity contribution in [3.63, 3.8) is 0 Å². The molecule has 0 heterocycles. The van der Waals surface area contributed by atoms with E-state index in [9.17, 15) is 18.4 Å². The van der Waals surface area contributed by atoms with Gasteiger partial charge in [-0.15, -0.1) is 0 Å². The van der Waals surface area contributed by atoms with E-state index in [0.29, 0.717) is 6.07 Å². The Bertz CT molecular complexity index is 532. The number of aliphatic carboxylic acids is 1. The second kappa shape index (κ2) is 5.96. The van der Waals surface area contributed by atoms with Gasteiger partial charge in [0.15, 0.2) is 0 Å². The Morgan fingerprint density at radius 3 is 2.45 bits per heavy atom. The van der Waals surface area contributed by atoms with Crippen molar-refractivity contribution in [2.75, 3.05) is 18.9 Å². The Labute approximate surface area is 115 Å². The summed E-state index contributed by atoms with van der Waals surface area (Å²) in [7, 11) is 1.47. The van der Waals surface area contributed by atoms with E-state index in [1.54, 1.807) is 0 Å². The molecule has 110 valence electrons. The Balaban J connectivity index is 2.71. The SMILES string of the molecule is CN(CC(=O)Nc1ccc(F)cc1F)C(C)(C)C(=O)O. The van der Waals surface area contributed by atoms with Crippen molar-refractivity contribution in [2.24, 2.45) is 0 Å². The van der Waals surface area contributed by atoms with Gasteiger partial charge in [-0.2, -0.15) is 0 Å². The van der Waals surface area contributed by atoms with Gasteiger partial charge in [-0.1, -0.05) is 0 Å². The normalized spacial score (nSPS) is 11.5. The molecular formula is C13H16F2N2O3. The summed E-state index contributed by atoms with van der Waals surface area (Å²) in [6.45, 7) is 2.65. The van der Waals surface area contributed by atoms with Crippen molar-refractivity contribution in [2.45, 2.75) is 19.4 Å². The van der Waals surface area contributed by atoms with Gasteiger partial charge in [-0.3, -0.25) is 14.5 Å². The van der Waals surface area contributed by atoms with Crippen LogP contribution in [0.1, 0.15) is 13.8 Å². The van der Waals surface area contributed by atoms with Crippen LogP contribution >= 0.6 is 0 Å². The number of carboxylic acid groups (broad SMARTS) is 1. The topological polar surface area (TPSA) is 69.6 Å². The number of benzene rings is 1. The molecule has 0 fully saturated rings. The molecule has 0 unspecified atom stereocenters. The number of carbonyl (C=O) groups excluding carboxylic acids is 1. The van der Waals surface area contributed by atoms with Crippen LogP contribution in [0.25, 0.3) is 0 Å². The molecule has 0 aliphatic rings. The molecule has 5 nitrogen and oxygen atoms in total. The highest BCUT2D eigenvalue weighted by molar-refractivity contribution is 5.92. The quantitative estimate of drug-likeness (QED) is 0.864. The lowest BCUT2D eigenvalue weighted by Crippen LogP contribution is -2.50. The van der Waals surface area contributed by atoms with E-state index in [0.717, 1.165) is 12.1 Å². The zero-order valence-electron chi connectivity index (χ0n) is 11.4. The van der Waals surface area contributed by atoms with E-state index in [-0.39, 0.29) is 12.2 Å². The summed E-state index contributed by atoms with van der Waals surface area (Å²) >= 11 is 0. The van der Waals surface area contributed by atoms with Gasteiger partial charge in [0.2, 0.25) is 5.91 Å². The number of likely N-dealkylation sites (N-methyl/N-ethyl adjacent to an activating group) is 1. The fourth-order valence-corrected chi connectivity index (χ4v) is 1.36. The van der Waals surface area contributed by atoms with Crippen LogP contribution < -0.4 is 5.32 Å². The van der Waals surface area contributed by atoms with Crippen LogP contribution in [0.5, 0.6) is 0 Å². The monoisotopic (exact) mass is 286 g/mol. The summed E-state index contributed by atoms with van der Waals surface area (Å²) in [5, 5.41) is 11.3. The fourth-order valence-electron chi connectivity index (χ4n) is 1.36. The smallest absolute Gasteiger partial charge is 0.323 e. The van der Waals surface area contributed by atoms with Gasteiger partial charge in [-0.05, 0) is 33.0 Å². The van der Waals surface area contributed by atoms with Crippen molar-refractivity contribution >= 4 is 17.6 Å². The van der Waals surface area contributed by atoms with Crippen LogP contribution in [0.3, 0.4) is 0 Å². The maximum atomic E-state index is 13.3. The second-order valence-electron chi connectivity index (χ2n) is 4.89. The van der Waals surface area contributed by atoms with Gasteiger partial charge >= 0.3 is 5.97 Å². The van der Waals surface area contributed by atoms with Crippen molar-refractivity contribution in [3.8, 4) is 0 Å². The number of anilines is 1. The number of nitrogens with zero attached hydrogens (tertiary/aromatic N) is 1. The average molecular weight is 286 g/mol. The number of rotatable bonds is 5. The van der Waals surface area contributed by atoms with Crippen molar-refractivity contribution in [1.82, 2.24) is 4.90 Å². The first kappa shape index (κ1) is 16.0. The molecule has 1 aromatic carbocycles. The first-order valence-corrected chi connectivity index (χ1v) is 5.84. The summed E-state index contributed by atoms with van der Waals surface area (Å²) in [6, 6.07) is 2.77. The molecule has 20 heavy (non-hydrogen) atoms. The maximum Gasteiger partial charge on any atom is 0.323 e. The molecule has 0 atom stereocenters. The molecule has 0 saturated heterocycles. The second-order valence-corrected chi connectivity index (χ2v) is 4.89. The van der Waals surface area contributed by atoms with Gasteiger partial charge in [0, 0.05) is 6.07 Å². The Morgan fingerprint density at radius 1 is 1.35 bits per heavy atom. The lowest BCUT2D eigenvalue weighted by Gasteiger charge is -2.30. The van der Waals surface area contributed by atoms with E-state index in [2.05, 4.69) is 5.32 Å². The van der Waals surface area contributed by atoms with E-state index in [1.165, 1.54) is 25.8 Å². The van der Waals surface area contributed by atoms with Crippen molar-refractivity contribution in [3.05, 3.63) is 29.8 Å². The van der Waals surface area contributed by atoms with Crippen LogP contribution in [0.15, 0.2) is 18.2 Å². The third-order valence-corrected chi connectivity index (χ3v) is 3.06. The number of amides is 1. The predicted molar refractivity (Wildman–Crippen MR) is 69.3 cm³/mol. The minimum Gasteiger partial charge on any atom is -0.480 e. The Hall–Kier alpha value is -2.02. The van der Waals surface area contributed by atoms with Gasteiger partial charge in [0.1, 0.15) is 17.2 Å². The predicted octanol–water partition coefficient (Wildman–Crippen LogP) is 1.70. The third kappa shape index (κ3) is 3.74. The molecule has 0 bridgehead atoms. The van der Waals surface area contributed by atoms with E-state index < -0.39 is 29.0 Å². The van der Waals surface area contributed by atoms with Crippen LogP contribution in [-0.2, 0) is 9.59 Å². The molecule has 0 aromatic heterocycles. The lowest BCUT2D eigenvalue weighted by atomic mass is 10.0. The number of carboxylic acids is 1. The summed E-state index contributed by atoms with van der Waals surface area (Å²) < 4.78 is 26.1. The summed E-state index contributed by atoms with van der Waals surface area (Å²) in [5.41, 5.74) is -1.39. The molecule has 0 spiro atoms. The number of hydrogen-bond acceptors (Lipinski definition) is 3. The summed E-state index contributed by atoms with van der Waals surface area (Å²) in [6.07, 6.45) is 0. The van der Waals surface area contributed by atoms with E-state index in [1.807, 2.05) is 0 Å². The minimum atomic E-state index is -1.24. The standard InChI is InChI=1S/C13H16F2N2O3/c1-13(2,12(19)20)17(3)7-11(18)16-10-5-4-8(14)6-9(10)15/h4-6H,7H2,1-3H3,(H,16,18)(H,19,20). The summed E-state index contributed by atoms with van der Waals surface area (Å²) in [4.78, 5) is 24.1. The highest BCUT2D eigenvalue weighted by Crippen LogP contribution is 2.16. The Kier molecular flexibility index (Phi) is 4.78. The maximum absolute atomic E-state index is 13.3. The average Bonchev–Trinajstić information content (AvgIpc) is 2.32. The number of halogens is 2. The minimum absolute atomic E-state index is 0.155. The molecule has 0 radical (unpaired) electrons. The largest absolute Gasteiger partial charge is 0.480 e. The van der Waals surface area contributed by atoms with Crippen LogP contribution in [-0.4, -0.2) is 41.0 Å². The van der Waals surface area contributed by atoms with Crippen molar-refractivity contribution in [1.29, 1.82) is 0 Å². The lowest BCUT2D eigenvalue weighted by molar-refractivity contribution is -0.148. The molecule has 0 saturated carbocycles. The van der Waals surface area contributed by atoms with Crippen LogP contribution in [0.2, 0.25) is 0 Å². The van der Waals surface area contributed by atoms with Crippen LogP contribution in [0.4, 0.5) is 14.5 Å². The molecular weight excluding hydrogens is 270 g/mol. The zero-order chi connectivity index (χ0) is 15.5. The first-order valence-electron chi connectivity index (χ1n) is 5.84.